The number of amides is 1. The van der Waals surface area contributed by atoms with Crippen LogP contribution in [0, 0.1) is 11.8 Å². The lowest BCUT2D eigenvalue weighted by atomic mass is 9.69. The molecule has 34 heavy (non-hydrogen) atoms. The maximum Gasteiger partial charge on any atom is 0.258 e. The molecule has 0 radical (unpaired) electrons. The van der Waals surface area contributed by atoms with E-state index in [1.54, 1.807) is 24.3 Å². The molecule has 1 fully saturated rings. The van der Waals surface area contributed by atoms with Crippen LogP contribution in [-0.2, 0) is 9.59 Å². The van der Waals surface area contributed by atoms with Gasteiger partial charge >= 0.3 is 0 Å². The predicted molar refractivity (Wildman–Crippen MR) is 140 cm³/mol. The first-order valence-electron chi connectivity index (χ1n) is 11.7. The fourth-order valence-corrected chi connectivity index (χ4v) is 3.73. The van der Waals surface area contributed by atoms with Gasteiger partial charge in [-0.25, -0.2) is 0 Å². The van der Waals surface area contributed by atoms with Crippen LogP contribution in [-0.4, -0.2) is 30.9 Å². The van der Waals surface area contributed by atoms with Gasteiger partial charge in [0.15, 0.2) is 6.61 Å². The number of halogens is 2. The number of hydrogen-bond donors (Lipinski definition) is 1. The van der Waals surface area contributed by atoms with Crippen LogP contribution in [0.25, 0.3) is 0 Å². The molecular weight excluding hydrogens is 473 g/mol. The number of ketones is 1. The molecule has 3 rings (SSSR count). The summed E-state index contributed by atoms with van der Waals surface area (Å²) in [5.41, 5.74) is 0. The van der Waals surface area contributed by atoms with Gasteiger partial charge in [0.2, 0.25) is 0 Å². The van der Waals surface area contributed by atoms with Gasteiger partial charge in [-0.2, -0.15) is 0 Å². The molecule has 3 unspecified atom stereocenters. The first-order chi connectivity index (χ1) is 16.2. The summed E-state index contributed by atoms with van der Waals surface area (Å²) in [7, 11) is 0. The zero-order chi connectivity index (χ0) is 25.5. The second-order valence-electron chi connectivity index (χ2n) is 8.41. The molecule has 2 aromatic carbocycles. The van der Waals surface area contributed by atoms with Crippen molar-refractivity contribution in [3.63, 3.8) is 0 Å². The van der Waals surface area contributed by atoms with Crippen LogP contribution in [0.3, 0.4) is 0 Å². The van der Waals surface area contributed by atoms with E-state index >= 15 is 0 Å². The molecule has 0 saturated heterocycles. The van der Waals surface area contributed by atoms with Crippen molar-refractivity contribution in [2.75, 3.05) is 13.2 Å². The van der Waals surface area contributed by atoms with Crippen molar-refractivity contribution in [3.05, 3.63) is 58.6 Å². The van der Waals surface area contributed by atoms with Crippen LogP contribution in [0.15, 0.2) is 48.5 Å². The Bertz CT molecular complexity index is 852. The summed E-state index contributed by atoms with van der Waals surface area (Å²) in [6, 6.07) is 14.7. The van der Waals surface area contributed by atoms with Crippen LogP contribution in [0.4, 0.5) is 0 Å². The zero-order valence-electron chi connectivity index (χ0n) is 20.8. The molecule has 1 aliphatic carbocycles. The number of benzene rings is 2. The predicted octanol–water partition coefficient (Wildman–Crippen LogP) is 6.99. The van der Waals surface area contributed by atoms with E-state index in [1.807, 2.05) is 24.3 Å². The average molecular weight is 511 g/mol. The van der Waals surface area contributed by atoms with Gasteiger partial charge in [0.05, 0.1) is 6.61 Å². The van der Waals surface area contributed by atoms with Gasteiger partial charge in [0.25, 0.3) is 5.91 Å². The van der Waals surface area contributed by atoms with E-state index in [2.05, 4.69) is 26.1 Å². The molecule has 0 spiro atoms. The minimum atomic E-state index is -0.0506. The number of hydrogen-bond acceptors (Lipinski definition) is 4. The molecular formula is C27H37Cl2NO4. The first-order valence-corrected chi connectivity index (χ1v) is 12.4. The Morgan fingerprint density at radius 2 is 1.38 bits per heavy atom. The molecule has 3 atom stereocenters. The summed E-state index contributed by atoms with van der Waals surface area (Å²) in [4.78, 5) is 21.2. The van der Waals surface area contributed by atoms with Crippen molar-refractivity contribution in [2.24, 2.45) is 11.8 Å². The third-order valence-corrected chi connectivity index (χ3v) is 5.67. The Labute approximate surface area is 214 Å². The number of Topliss-reactive ketones (excluding diaryl/α,β-unsaturated/α-hetero) is 1. The van der Waals surface area contributed by atoms with Gasteiger partial charge in [-0.1, -0.05) is 50.4 Å². The molecule has 1 N–H and O–H groups in total. The summed E-state index contributed by atoms with van der Waals surface area (Å²) in [5, 5.41) is 4.44. The van der Waals surface area contributed by atoms with Crippen LogP contribution >= 0.6 is 23.2 Å². The minimum absolute atomic E-state index is 0.0506. The highest BCUT2D eigenvalue weighted by Gasteiger charge is 2.37. The van der Waals surface area contributed by atoms with Gasteiger partial charge in [0, 0.05) is 16.1 Å². The number of nitrogens with one attached hydrogen (secondary N) is 1. The Balaban J connectivity index is 0.000000325. The molecule has 7 heteroatoms. The lowest BCUT2D eigenvalue weighted by Gasteiger charge is -2.43. The molecule has 0 aromatic heterocycles. The third kappa shape index (κ3) is 12.3. The summed E-state index contributed by atoms with van der Waals surface area (Å²) in [6.45, 7) is 10.4. The highest BCUT2D eigenvalue weighted by Crippen LogP contribution is 2.36. The highest BCUT2D eigenvalue weighted by molar-refractivity contribution is 6.30. The lowest BCUT2D eigenvalue weighted by molar-refractivity contribution is -0.125. The summed E-state index contributed by atoms with van der Waals surface area (Å²) in [6.07, 6.45) is 3.22. The van der Waals surface area contributed by atoms with E-state index in [1.165, 1.54) is 13.8 Å². The summed E-state index contributed by atoms with van der Waals surface area (Å²) < 4.78 is 10.8. The Morgan fingerprint density at radius 3 is 1.79 bits per heavy atom. The molecule has 1 saturated carbocycles. The topological polar surface area (TPSA) is 64.6 Å². The maximum absolute atomic E-state index is 11.8. The van der Waals surface area contributed by atoms with Crippen molar-refractivity contribution >= 4 is 34.9 Å². The van der Waals surface area contributed by atoms with Crippen LogP contribution < -0.4 is 14.8 Å². The Kier molecular flexibility index (Phi) is 14.4. The second kappa shape index (κ2) is 16.4. The number of rotatable bonds is 8. The molecule has 1 aliphatic rings. The smallest absolute Gasteiger partial charge is 0.258 e. The standard InChI is InChI=1S/C15H20ClNO2.C9H11ClO.C3H6O/c1-3-13-10(2)8-14(13)17-15(18)9-19-12-6-4-11(16)5-7-12;1-2-7-11-9-5-3-8(10)4-6-9;1-3(2)4/h4-7,10,13-14H,3,8-9H2,1-2H3,(H,17,18);3-6H,2,7H2,1H3;1-2H3. The number of carbonyl (C=O) groups excluding carboxylic acids is 2. The van der Waals surface area contributed by atoms with E-state index < -0.39 is 0 Å². The fourth-order valence-electron chi connectivity index (χ4n) is 3.48. The van der Waals surface area contributed by atoms with Gasteiger partial charge in [-0.3, -0.25) is 4.79 Å². The van der Waals surface area contributed by atoms with Gasteiger partial charge < -0.3 is 19.6 Å². The molecule has 1 amide bonds. The van der Waals surface area contributed by atoms with E-state index in [0.717, 1.165) is 36.6 Å². The van der Waals surface area contributed by atoms with Gasteiger partial charge in [0.1, 0.15) is 17.3 Å². The van der Waals surface area contributed by atoms with Crippen molar-refractivity contribution in [3.8, 4) is 11.5 Å². The monoisotopic (exact) mass is 509 g/mol. The zero-order valence-corrected chi connectivity index (χ0v) is 22.3. The second-order valence-corrected chi connectivity index (χ2v) is 9.29. The normalized spacial score (nSPS) is 18.1. The maximum atomic E-state index is 11.8. The number of carbonyl (C=O) groups is 2. The van der Waals surface area contributed by atoms with Crippen LogP contribution in [0.1, 0.15) is 53.9 Å². The largest absolute Gasteiger partial charge is 0.494 e. The van der Waals surface area contributed by atoms with E-state index in [0.29, 0.717) is 28.6 Å². The fraction of sp³-hybridized carbons (Fsp3) is 0.481. The quantitative estimate of drug-likeness (QED) is 0.416. The minimum Gasteiger partial charge on any atom is -0.494 e. The average Bonchev–Trinajstić information content (AvgIpc) is 2.78. The van der Waals surface area contributed by atoms with Crippen LogP contribution in [0.5, 0.6) is 11.5 Å². The van der Waals surface area contributed by atoms with Crippen molar-refractivity contribution in [1.82, 2.24) is 5.32 Å². The van der Waals surface area contributed by atoms with Crippen molar-refractivity contribution < 1.29 is 19.1 Å². The molecule has 0 heterocycles. The van der Waals surface area contributed by atoms with Gasteiger partial charge in [-0.15, -0.1) is 0 Å². The van der Waals surface area contributed by atoms with E-state index in [4.69, 9.17) is 32.7 Å². The molecule has 5 nitrogen and oxygen atoms in total. The first kappa shape index (κ1) is 29.8. The van der Waals surface area contributed by atoms with E-state index in [9.17, 15) is 9.59 Å². The molecule has 0 aliphatic heterocycles. The van der Waals surface area contributed by atoms with Gasteiger partial charge in [-0.05, 0) is 87.1 Å². The molecule has 0 bridgehead atoms. The lowest BCUT2D eigenvalue weighted by Crippen LogP contribution is -2.52. The molecule has 2 aromatic rings. The Hall–Kier alpha value is -2.24. The number of ether oxygens (including phenoxy) is 2. The summed E-state index contributed by atoms with van der Waals surface area (Å²) >= 11 is 11.5. The Morgan fingerprint density at radius 1 is 0.912 bits per heavy atom. The van der Waals surface area contributed by atoms with Crippen molar-refractivity contribution in [2.45, 2.75) is 59.9 Å². The third-order valence-electron chi connectivity index (χ3n) is 5.16. The highest BCUT2D eigenvalue weighted by atomic mass is 35.5. The summed E-state index contributed by atoms with van der Waals surface area (Å²) in [5.74, 6) is 2.99. The SMILES string of the molecule is CC(C)=O.CCC1C(C)CC1NC(=O)COc1ccc(Cl)cc1.CCCOc1ccc(Cl)cc1. The van der Waals surface area contributed by atoms with Crippen LogP contribution in [0.2, 0.25) is 10.0 Å². The molecule has 188 valence electrons. The van der Waals surface area contributed by atoms with E-state index in [-0.39, 0.29) is 18.3 Å². The van der Waals surface area contributed by atoms with Crippen molar-refractivity contribution in [1.29, 1.82) is 0 Å².